The molecule has 0 aliphatic rings. The number of carbonyl (C=O) groups is 1. The highest BCUT2D eigenvalue weighted by atomic mass is 16.1. The molecule has 1 heterocycles. The minimum absolute atomic E-state index is 0.122. The summed E-state index contributed by atoms with van der Waals surface area (Å²) in [6.45, 7) is 0. The highest BCUT2D eigenvalue weighted by Gasteiger charge is 2.19. The van der Waals surface area contributed by atoms with Crippen molar-refractivity contribution in [2.24, 2.45) is 0 Å². The summed E-state index contributed by atoms with van der Waals surface area (Å²) in [6, 6.07) is 22.9. The maximum absolute atomic E-state index is 12.8. The average Bonchev–Trinajstić information content (AvgIpc) is 2.67. The van der Waals surface area contributed by atoms with Gasteiger partial charge in [-0.05, 0) is 35.9 Å². The van der Waals surface area contributed by atoms with Crippen LogP contribution in [-0.2, 0) is 0 Å². The van der Waals surface area contributed by atoms with Gasteiger partial charge in [0.2, 0.25) is 0 Å². The summed E-state index contributed by atoms with van der Waals surface area (Å²) in [5.74, 6) is -0.122. The van der Waals surface area contributed by atoms with E-state index in [-0.39, 0.29) is 11.9 Å². The average molecular weight is 331 g/mol. The molecule has 0 aliphatic carbocycles. The number of aromatic nitrogens is 1. The monoisotopic (exact) mass is 331 g/mol. The van der Waals surface area contributed by atoms with Gasteiger partial charge in [0.15, 0.2) is 0 Å². The summed E-state index contributed by atoms with van der Waals surface area (Å²) >= 11 is 0. The quantitative estimate of drug-likeness (QED) is 0.776. The second-order valence-electron chi connectivity index (χ2n) is 6.02. The summed E-state index contributed by atoms with van der Waals surface area (Å²) in [5.41, 5.74) is 3.42. The molecule has 0 bridgehead atoms. The Morgan fingerprint density at radius 2 is 1.72 bits per heavy atom. The zero-order valence-corrected chi connectivity index (χ0v) is 14.4. The molecule has 3 rings (SSSR count). The van der Waals surface area contributed by atoms with Gasteiger partial charge < -0.3 is 10.2 Å². The van der Waals surface area contributed by atoms with Crippen LogP contribution in [0, 0.1) is 0 Å². The molecule has 0 aliphatic heterocycles. The molecule has 2 aromatic carbocycles. The number of rotatable bonds is 5. The van der Waals surface area contributed by atoms with Gasteiger partial charge >= 0.3 is 0 Å². The van der Waals surface area contributed by atoms with Crippen LogP contribution in [0.3, 0.4) is 0 Å². The van der Waals surface area contributed by atoms with Crippen molar-refractivity contribution >= 4 is 11.6 Å². The molecule has 1 aromatic heterocycles. The van der Waals surface area contributed by atoms with E-state index in [4.69, 9.17) is 0 Å². The smallest absolute Gasteiger partial charge is 0.252 e. The number of benzene rings is 2. The van der Waals surface area contributed by atoms with Crippen molar-refractivity contribution in [3.63, 3.8) is 0 Å². The number of nitrogens with zero attached hydrogens (tertiary/aromatic N) is 2. The standard InChI is InChI=1S/C21H21N3O/c1-24(2)18-12-8-11-17(15-18)21(25)23-20(16-9-4-3-5-10-16)19-13-6-7-14-22-19/h3-15,20H,1-2H3,(H,23,25)/t20-/m0/s1. The molecule has 0 fully saturated rings. The molecule has 126 valence electrons. The zero-order chi connectivity index (χ0) is 17.6. The van der Waals surface area contributed by atoms with Crippen molar-refractivity contribution in [2.45, 2.75) is 6.04 Å². The lowest BCUT2D eigenvalue weighted by Crippen LogP contribution is -2.30. The van der Waals surface area contributed by atoms with Crippen LogP contribution in [-0.4, -0.2) is 25.0 Å². The predicted molar refractivity (Wildman–Crippen MR) is 101 cm³/mol. The topological polar surface area (TPSA) is 45.2 Å². The fraction of sp³-hybridized carbons (Fsp3) is 0.143. The van der Waals surface area contributed by atoms with E-state index in [1.54, 1.807) is 6.20 Å². The molecular weight excluding hydrogens is 310 g/mol. The van der Waals surface area contributed by atoms with Crippen LogP contribution in [0.1, 0.15) is 27.7 Å². The van der Waals surface area contributed by atoms with Crippen molar-refractivity contribution in [3.05, 3.63) is 95.8 Å². The normalized spacial score (nSPS) is 11.6. The molecule has 0 saturated heterocycles. The third-order valence-electron chi connectivity index (χ3n) is 4.02. The van der Waals surface area contributed by atoms with Gasteiger partial charge in [-0.3, -0.25) is 9.78 Å². The summed E-state index contributed by atoms with van der Waals surface area (Å²) in [6.07, 6.45) is 1.74. The van der Waals surface area contributed by atoms with E-state index >= 15 is 0 Å². The zero-order valence-electron chi connectivity index (χ0n) is 14.4. The molecule has 0 radical (unpaired) electrons. The maximum Gasteiger partial charge on any atom is 0.252 e. The van der Waals surface area contributed by atoms with E-state index in [9.17, 15) is 4.79 Å². The Labute approximate surface area is 148 Å². The lowest BCUT2D eigenvalue weighted by Gasteiger charge is -2.19. The van der Waals surface area contributed by atoms with Gasteiger partial charge in [-0.1, -0.05) is 42.5 Å². The fourth-order valence-corrected chi connectivity index (χ4v) is 2.66. The Morgan fingerprint density at radius 3 is 2.40 bits per heavy atom. The van der Waals surface area contributed by atoms with Gasteiger partial charge in [0.05, 0.1) is 11.7 Å². The summed E-state index contributed by atoms with van der Waals surface area (Å²) < 4.78 is 0. The first-order valence-electron chi connectivity index (χ1n) is 8.19. The molecule has 0 saturated carbocycles. The molecule has 4 heteroatoms. The number of nitrogens with one attached hydrogen (secondary N) is 1. The number of carbonyl (C=O) groups excluding carboxylic acids is 1. The van der Waals surface area contributed by atoms with Gasteiger partial charge in [0.1, 0.15) is 0 Å². The van der Waals surface area contributed by atoms with Gasteiger partial charge in [-0.2, -0.15) is 0 Å². The Bertz CT molecular complexity index is 793. The molecule has 25 heavy (non-hydrogen) atoms. The van der Waals surface area contributed by atoms with Gasteiger partial charge in [0, 0.05) is 31.5 Å². The van der Waals surface area contributed by atoms with Gasteiger partial charge in [-0.15, -0.1) is 0 Å². The highest BCUT2D eigenvalue weighted by Crippen LogP contribution is 2.21. The van der Waals surface area contributed by atoms with E-state index in [0.717, 1.165) is 16.9 Å². The number of anilines is 1. The van der Waals surface area contributed by atoms with Crippen LogP contribution in [0.4, 0.5) is 5.69 Å². The molecule has 0 unspecified atom stereocenters. The maximum atomic E-state index is 12.8. The largest absolute Gasteiger partial charge is 0.378 e. The Morgan fingerprint density at radius 1 is 0.960 bits per heavy atom. The van der Waals surface area contributed by atoms with Crippen molar-refractivity contribution in [3.8, 4) is 0 Å². The minimum atomic E-state index is -0.294. The van der Waals surface area contributed by atoms with Gasteiger partial charge in [0.25, 0.3) is 5.91 Å². The molecule has 1 N–H and O–H groups in total. The van der Waals surface area contributed by atoms with Crippen LogP contribution >= 0.6 is 0 Å². The third-order valence-corrected chi connectivity index (χ3v) is 4.02. The second-order valence-corrected chi connectivity index (χ2v) is 6.02. The van der Waals surface area contributed by atoms with E-state index < -0.39 is 0 Å². The molecule has 1 atom stereocenters. The van der Waals surface area contributed by atoms with Gasteiger partial charge in [-0.25, -0.2) is 0 Å². The van der Waals surface area contributed by atoms with E-state index in [2.05, 4.69) is 10.3 Å². The van der Waals surface area contributed by atoms with Crippen molar-refractivity contribution in [1.82, 2.24) is 10.3 Å². The Balaban J connectivity index is 1.90. The van der Waals surface area contributed by atoms with Crippen molar-refractivity contribution in [2.75, 3.05) is 19.0 Å². The second kappa shape index (κ2) is 7.62. The molecular formula is C21H21N3O. The first kappa shape index (κ1) is 16.7. The molecule has 3 aromatic rings. The Kier molecular flexibility index (Phi) is 5.09. The van der Waals surface area contributed by atoms with Crippen molar-refractivity contribution in [1.29, 1.82) is 0 Å². The van der Waals surface area contributed by atoms with E-state index in [1.165, 1.54) is 0 Å². The number of hydrogen-bond donors (Lipinski definition) is 1. The lowest BCUT2D eigenvalue weighted by molar-refractivity contribution is 0.0942. The van der Waals surface area contributed by atoms with Crippen LogP contribution in [0.25, 0.3) is 0 Å². The molecule has 4 nitrogen and oxygen atoms in total. The van der Waals surface area contributed by atoms with Crippen LogP contribution in [0.15, 0.2) is 79.0 Å². The number of pyridine rings is 1. The summed E-state index contributed by atoms with van der Waals surface area (Å²) in [4.78, 5) is 19.2. The highest BCUT2D eigenvalue weighted by molar-refractivity contribution is 5.95. The Hall–Kier alpha value is -3.14. The fourth-order valence-electron chi connectivity index (χ4n) is 2.66. The van der Waals surface area contributed by atoms with Crippen LogP contribution in [0.5, 0.6) is 0 Å². The first-order valence-corrected chi connectivity index (χ1v) is 8.19. The molecule has 1 amide bonds. The van der Waals surface area contributed by atoms with E-state index in [1.807, 2.05) is 91.8 Å². The van der Waals surface area contributed by atoms with Crippen LogP contribution < -0.4 is 10.2 Å². The molecule has 0 spiro atoms. The lowest BCUT2D eigenvalue weighted by atomic mass is 10.0. The predicted octanol–water partition coefficient (Wildman–Crippen LogP) is 3.67. The number of hydrogen-bond acceptors (Lipinski definition) is 3. The summed E-state index contributed by atoms with van der Waals surface area (Å²) in [5, 5.41) is 3.11. The SMILES string of the molecule is CN(C)c1cccc(C(=O)N[C@@H](c2ccccc2)c2ccccn2)c1. The van der Waals surface area contributed by atoms with Crippen LogP contribution in [0.2, 0.25) is 0 Å². The summed E-state index contributed by atoms with van der Waals surface area (Å²) in [7, 11) is 3.91. The van der Waals surface area contributed by atoms with Crippen molar-refractivity contribution < 1.29 is 4.79 Å². The minimum Gasteiger partial charge on any atom is -0.378 e. The first-order chi connectivity index (χ1) is 12.1. The third kappa shape index (κ3) is 4.04. The number of amides is 1. The van der Waals surface area contributed by atoms with E-state index in [0.29, 0.717) is 5.56 Å².